The minimum Gasteiger partial charge on any atom is -0.396 e. The summed E-state index contributed by atoms with van der Waals surface area (Å²) in [6.07, 6.45) is 0.594. The predicted molar refractivity (Wildman–Crippen MR) is 76.8 cm³/mol. The minimum absolute atomic E-state index is 0.156. The zero-order chi connectivity index (χ0) is 20.8. The molecule has 0 heterocycles. The molecule has 24 heavy (non-hydrogen) atoms. The molecule has 0 amide bonds. The summed E-state index contributed by atoms with van der Waals surface area (Å²) in [5.41, 5.74) is -0.667. The van der Waals surface area contributed by atoms with Crippen LogP contribution in [0.1, 0.15) is 13.3 Å². The third-order valence-electron chi connectivity index (χ3n) is 1.76. The number of phosphoric acid groups is 3. The molecule has 0 radical (unpaired) electrons. The molecule has 0 aromatic heterocycles. The molecule has 0 aromatic carbocycles. The maximum absolute atomic E-state index is 8.88. The summed E-state index contributed by atoms with van der Waals surface area (Å²) in [6, 6.07) is 0. The first kappa shape index (κ1) is 31.9. The molecule has 0 aromatic rings. The number of aliphatic hydroxyl groups excluding tert-OH is 3. The van der Waals surface area contributed by atoms with Crippen molar-refractivity contribution in [2.75, 3.05) is 19.8 Å². The fourth-order valence-corrected chi connectivity index (χ4v) is 0.485. The third-order valence-corrected chi connectivity index (χ3v) is 1.76. The van der Waals surface area contributed by atoms with E-state index in [2.05, 4.69) is 0 Å². The smallest absolute Gasteiger partial charge is 0.396 e. The SMILES string of the molecule is CCC(CO)(CO)CO.O=P(O)(O)O.O=P(O)(O)O.O=P(O)(O)O. The van der Waals surface area contributed by atoms with Crippen LogP contribution in [0.25, 0.3) is 0 Å². The van der Waals surface area contributed by atoms with Gasteiger partial charge in [0.15, 0.2) is 0 Å². The molecule has 0 atom stereocenters. The van der Waals surface area contributed by atoms with Crippen LogP contribution in [0, 0.1) is 5.41 Å². The highest BCUT2D eigenvalue weighted by Crippen LogP contribution is 2.26. The van der Waals surface area contributed by atoms with E-state index in [9.17, 15) is 0 Å². The lowest BCUT2D eigenvalue weighted by atomic mass is 9.88. The Bertz CT molecular complexity index is 325. The molecule has 15 nitrogen and oxygen atoms in total. The largest absolute Gasteiger partial charge is 0.466 e. The van der Waals surface area contributed by atoms with Crippen molar-refractivity contribution in [1.29, 1.82) is 0 Å². The lowest BCUT2D eigenvalue weighted by Gasteiger charge is -2.24. The summed E-state index contributed by atoms with van der Waals surface area (Å²) in [6.45, 7) is 1.35. The Morgan fingerprint density at radius 1 is 0.583 bits per heavy atom. The van der Waals surface area contributed by atoms with Gasteiger partial charge in [0.2, 0.25) is 0 Å². The maximum atomic E-state index is 8.88. The summed E-state index contributed by atoms with van der Waals surface area (Å²) in [5.74, 6) is 0. The zero-order valence-corrected chi connectivity index (χ0v) is 14.9. The summed E-state index contributed by atoms with van der Waals surface area (Å²) < 4.78 is 26.6. The Morgan fingerprint density at radius 3 is 0.708 bits per heavy atom. The highest BCUT2D eigenvalue weighted by molar-refractivity contribution is 7.45. The van der Waals surface area contributed by atoms with Crippen molar-refractivity contribution in [3.8, 4) is 0 Å². The number of hydrogen-bond acceptors (Lipinski definition) is 6. The quantitative estimate of drug-likeness (QED) is 0.194. The molecular formula is C6H23O15P3. The van der Waals surface area contributed by atoms with E-state index in [-0.39, 0.29) is 19.8 Å². The molecule has 0 rings (SSSR count). The molecule has 0 saturated heterocycles. The van der Waals surface area contributed by atoms with Crippen LogP contribution in [0.15, 0.2) is 0 Å². The van der Waals surface area contributed by atoms with Gasteiger partial charge in [0.25, 0.3) is 0 Å². The Labute approximate surface area is 136 Å². The normalized spacial score (nSPS) is 11.9. The van der Waals surface area contributed by atoms with E-state index in [0.29, 0.717) is 6.42 Å². The van der Waals surface area contributed by atoms with Gasteiger partial charge in [0.05, 0.1) is 19.8 Å². The average Bonchev–Trinajstić information content (AvgIpc) is 2.26. The lowest BCUT2D eigenvalue weighted by molar-refractivity contribution is 0.00304. The first-order valence-electron chi connectivity index (χ1n) is 5.42. The molecule has 0 spiro atoms. The third kappa shape index (κ3) is 67.0. The monoisotopic (exact) mass is 428 g/mol. The van der Waals surface area contributed by atoms with Gasteiger partial charge in [-0.3, -0.25) is 0 Å². The molecule has 0 aliphatic carbocycles. The van der Waals surface area contributed by atoms with Gasteiger partial charge in [-0.05, 0) is 6.42 Å². The fraction of sp³-hybridized carbons (Fsp3) is 1.00. The Balaban J connectivity index is -0.000000116. The van der Waals surface area contributed by atoms with Gasteiger partial charge in [0, 0.05) is 5.41 Å². The van der Waals surface area contributed by atoms with E-state index in [1.165, 1.54) is 0 Å². The zero-order valence-electron chi connectivity index (χ0n) is 12.3. The predicted octanol–water partition coefficient (Wildman–Crippen LogP) is -3.43. The molecule has 0 aliphatic rings. The van der Waals surface area contributed by atoms with Crippen LogP contribution in [0.2, 0.25) is 0 Å². The van der Waals surface area contributed by atoms with Crippen molar-refractivity contribution < 1.29 is 73.1 Å². The van der Waals surface area contributed by atoms with Crippen molar-refractivity contribution >= 4 is 23.5 Å². The van der Waals surface area contributed by atoms with Crippen LogP contribution in [0.3, 0.4) is 0 Å². The second-order valence-electron chi connectivity index (χ2n) is 3.87. The fourth-order valence-electron chi connectivity index (χ4n) is 0.485. The first-order valence-corrected chi connectivity index (χ1v) is 10.1. The van der Waals surface area contributed by atoms with Crippen molar-refractivity contribution in [3.63, 3.8) is 0 Å². The van der Waals surface area contributed by atoms with Gasteiger partial charge < -0.3 is 59.4 Å². The molecule has 0 fully saturated rings. The van der Waals surface area contributed by atoms with Crippen LogP contribution in [0.5, 0.6) is 0 Å². The standard InChI is InChI=1S/C6H14O3.3H3O4P/c1-2-6(3-7,4-8)5-9;3*1-5(2,3)4/h7-9H,2-5H2,1H3;3*(H3,1,2,3,4). The van der Waals surface area contributed by atoms with Crippen LogP contribution in [-0.4, -0.2) is 79.2 Å². The molecule has 12 N–H and O–H groups in total. The second-order valence-corrected chi connectivity index (χ2v) is 6.95. The molecule has 0 bridgehead atoms. The van der Waals surface area contributed by atoms with Crippen LogP contribution < -0.4 is 0 Å². The number of hydrogen-bond donors (Lipinski definition) is 12. The summed E-state index contributed by atoms with van der Waals surface area (Å²) >= 11 is 0. The Hall–Kier alpha value is 0.210. The van der Waals surface area contributed by atoms with Gasteiger partial charge in [-0.25, -0.2) is 13.7 Å². The van der Waals surface area contributed by atoms with Crippen molar-refractivity contribution in [1.82, 2.24) is 0 Å². The molecule has 0 unspecified atom stereocenters. The van der Waals surface area contributed by atoms with Gasteiger partial charge in [-0.1, -0.05) is 6.92 Å². The van der Waals surface area contributed by atoms with E-state index in [1.807, 2.05) is 6.92 Å². The van der Waals surface area contributed by atoms with Crippen LogP contribution in [0.4, 0.5) is 0 Å². The van der Waals surface area contributed by atoms with Gasteiger partial charge in [0.1, 0.15) is 0 Å². The van der Waals surface area contributed by atoms with E-state index < -0.39 is 28.9 Å². The van der Waals surface area contributed by atoms with E-state index >= 15 is 0 Å². The summed E-state index contributed by atoms with van der Waals surface area (Å²) in [5, 5.41) is 26.0. The van der Waals surface area contributed by atoms with E-state index in [0.717, 1.165) is 0 Å². The molecule has 0 saturated carbocycles. The van der Waals surface area contributed by atoms with E-state index in [1.54, 1.807) is 0 Å². The summed E-state index contributed by atoms with van der Waals surface area (Å²) in [4.78, 5) is 64.7. The van der Waals surface area contributed by atoms with Crippen molar-refractivity contribution in [2.45, 2.75) is 13.3 Å². The maximum Gasteiger partial charge on any atom is 0.466 e. The summed E-state index contributed by atoms with van der Waals surface area (Å²) in [7, 11) is -13.9. The van der Waals surface area contributed by atoms with Crippen LogP contribution in [-0.2, 0) is 13.7 Å². The first-order chi connectivity index (χ1) is 10.2. The number of rotatable bonds is 4. The lowest BCUT2D eigenvalue weighted by Crippen LogP contribution is -2.32. The molecule has 18 heteroatoms. The van der Waals surface area contributed by atoms with Gasteiger partial charge >= 0.3 is 23.5 Å². The van der Waals surface area contributed by atoms with Crippen LogP contribution >= 0.6 is 23.5 Å². The van der Waals surface area contributed by atoms with Crippen molar-refractivity contribution in [3.05, 3.63) is 0 Å². The molecular weight excluding hydrogens is 405 g/mol. The Morgan fingerprint density at radius 2 is 0.708 bits per heavy atom. The van der Waals surface area contributed by atoms with Crippen molar-refractivity contribution in [2.24, 2.45) is 5.41 Å². The highest BCUT2D eigenvalue weighted by atomic mass is 31.2. The molecule has 152 valence electrons. The van der Waals surface area contributed by atoms with E-state index in [4.69, 9.17) is 73.1 Å². The second kappa shape index (κ2) is 14.4. The average molecular weight is 428 g/mol. The topological polar surface area (TPSA) is 294 Å². The highest BCUT2D eigenvalue weighted by Gasteiger charge is 2.24. The Kier molecular flexibility index (Phi) is 19.1. The van der Waals surface area contributed by atoms with Gasteiger partial charge in [-0.15, -0.1) is 0 Å². The number of aliphatic hydroxyl groups is 3. The van der Waals surface area contributed by atoms with Gasteiger partial charge in [-0.2, -0.15) is 0 Å². The molecule has 0 aliphatic heterocycles. The minimum atomic E-state index is -4.64.